The molecule has 0 radical (unpaired) electrons. The van der Waals surface area contributed by atoms with Crippen LogP contribution in [0, 0.1) is 5.82 Å². The monoisotopic (exact) mass is 269 g/mol. The number of hydrogen-bond donors (Lipinski definition) is 2. The number of rotatable bonds is 5. The van der Waals surface area contributed by atoms with Crippen molar-refractivity contribution in [1.82, 2.24) is 0 Å². The lowest BCUT2D eigenvalue weighted by Gasteiger charge is -2.04. The molecule has 1 aromatic rings. The van der Waals surface area contributed by atoms with Gasteiger partial charge in [-0.15, -0.1) is 12.4 Å². The number of benzene rings is 1. The second-order valence-corrected chi connectivity index (χ2v) is 4.65. The summed E-state index contributed by atoms with van der Waals surface area (Å²) in [7, 11) is -3.89. The minimum Gasteiger partial charge on any atom is -0.385 e. The topological polar surface area (TPSA) is 66.4 Å². The molecule has 4 nitrogen and oxygen atoms in total. The molecule has 0 bridgehead atoms. The van der Waals surface area contributed by atoms with Crippen LogP contribution >= 0.6 is 12.4 Å². The molecule has 0 saturated carbocycles. The fraction of sp³-hybridized carbons (Fsp3) is 0.333. The molecule has 16 heavy (non-hydrogen) atoms. The van der Waals surface area contributed by atoms with E-state index in [2.05, 4.69) is 5.32 Å². The summed E-state index contributed by atoms with van der Waals surface area (Å²) in [5.74, 6) is -0.597. The fourth-order valence-electron chi connectivity index (χ4n) is 1.06. The molecular weight excluding hydrogens is 257 g/mol. The Bertz CT molecular complexity index is 407. The molecule has 0 aliphatic heterocycles. The predicted octanol–water partition coefficient (Wildman–Crippen LogP) is 1.94. The lowest BCUT2D eigenvalue weighted by Crippen LogP contribution is -2.10. The Labute approximate surface area is 100 Å². The summed E-state index contributed by atoms with van der Waals surface area (Å²) in [6, 6.07) is 5.74. The lowest BCUT2D eigenvalue weighted by atomic mass is 10.3. The molecule has 0 spiro atoms. The SMILES string of the molecule is Cl.O=S(=O)(O)CCCNc1ccc(F)cc1. The van der Waals surface area contributed by atoms with Crippen LogP contribution in [0.3, 0.4) is 0 Å². The van der Waals surface area contributed by atoms with Crippen molar-refractivity contribution in [3.05, 3.63) is 30.1 Å². The zero-order valence-corrected chi connectivity index (χ0v) is 10.0. The quantitative estimate of drug-likeness (QED) is 0.633. The molecule has 1 rings (SSSR count). The summed E-state index contributed by atoms with van der Waals surface area (Å²) in [5, 5.41) is 2.90. The molecule has 92 valence electrons. The van der Waals surface area contributed by atoms with Crippen molar-refractivity contribution < 1.29 is 17.4 Å². The summed E-state index contributed by atoms with van der Waals surface area (Å²) in [5.41, 5.74) is 0.715. The Hall–Kier alpha value is -0.850. The van der Waals surface area contributed by atoms with Gasteiger partial charge in [0.2, 0.25) is 0 Å². The first kappa shape index (κ1) is 15.2. The number of anilines is 1. The van der Waals surface area contributed by atoms with Gasteiger partial charge in [-0.1, -0.05) is 0 Å². The zero-order chi connectivity index (χ0) is 11.3. The third-order valence-electron chi connectivity index (χ3n) is 1.75. The van der Waals surface area contributed by atoms with Crippen LogP contribution in [0.2, 0.25) is 0 Å². The fourth-order valence-corrected chi connectivity index (χ4v) is 1.56. The summed E-state index contributed by atoms with van der Waals surface area (Å²) in [6.07, 6.45) is 0.302. The molecule has 0 aromatic heterocycles. The Morgan fingerprint density at radius 2 is 1.81 bits per heavy atom. The van der Waals surface area contributed by atoms with Crippen molar-refractivity contribution in [3.63, 3.8) is 0 Å². The molecule has 0 amide bonds. The predicted molar refractivity (Wildman–Crippen MR) is 63.2 cm³/mol. The minimum atomic E-state index is -3.89. The Balaban J connectivity index is 0.00000225. The van der Waals surface area contributed by atoms with E-state index in [1.165, 1.54) is 12.1 Å². The van der Waals surface area contributed by atoms with Gasteiger partial charge in [-0.2, -0.15) is 8.42 Å². The van der Waals surface area contributed by atoms with E-state index >= 15 is 0 Å². The van der Waals surface area contributed by atoms with Crippen LogP contribution in [-0.2, 0) is 10.1 Å². The summed E-state index contributed by atoms with van der Waals surface area (Å²) in [4.78, 5) is 0. The first-order chi connectivity index (χ1) is 6.97. The van der Waals surface area contributed by atoms with Gasteiger partial charge < -0.3 is 5.32 Å². The normalized spacial score (nSPS) is 10.6. The van der Waals surface area contributed by atoms with Crippen molar-refractivity contribution >= 4 is 28.2 Å². The highest BCUT2D eigenvalue weighted by Crippen LogP contribution is 2.07. The Morgan fingerprint density at radius 3 is 2.31 bits per heavy atom. The molecule has 0 aliphatic carbocycles. The van der Waals surface area contributed by atoms with Gasteiger partial charge in [-0.3, -0.25) is 4.55 Å². The van der Waals surface area contributed by atoms with Crippen LogP contribution in [-0.4, -0.2) is 25.3 Å². The van der Waals surface area contributed by atoms with Gasteiger partial charge in [-0.05, 0) is 30.7 Å². The average Bonchev–Trinajstić information content (AvgIpc) is 2.14. The van der Waals surface area contributed by atoms with Crippen molar-refractivity contribution in [2.45, 2.75) is 6.42 Å². The van der Waals surface area contributed by atoms with Crippen molar-refractivity contribution in [1.29, 1.82) is 0 Å². The van der Waals surface area contributed by atoms with E-state index in [9.17, 15) is 12.8 Å². The zero-order valence-electron chi connectivity index (χ0n) is 8.39. The van der Waals surface area contributed by atoms with Gasteiger partial charge >= 0.3 is 0 Å². The highest BCUT2D eigenvalue weighted by molar-refractivity contribution is 7.85. The molecule has 1 aromatic carbocycles. The van der Waals surface area contributed by atoms with Gasteiger partial charge in [0.1, 0.15) is 5.82 Å². The standard InChI is InChI=1S/C9H12FNO3S.ClH/c10-8-2-4-9(5-3-8)11-6-1-7-15(12,13)14;/h2-5,11H,1,6-7H2,(H,12,13,14);1H. The highest BCUT2D eigenvalue weighted by Gasteiger charge is 2.02. The number of nitrogens with one attached hydrogen (secondary N) is 1. The third-order valence-corrected chi connectivity index (χ3v) is 2.56. The molecule has 0 unspecified atom stereocenters. The summed E-state index contributed by atoms with van der Waals surface area (Å²) in [6.45, 7) is 0.408. The Kier molecular flexibility index (Phi) is 6.32. The molecule has 0 aliphatic rings. The maximum absolute atomic E-state index is 12.5. The lowest BCUT2D eigenvalue weighted by molar-refractivity contribution is 0.481. The van der Waals surface area contributed by atoms with Crippen LogP contribution in [0.15, 0.2) is 24.3 Å². The van der Waals surface area contributed by atoms with E-state index in [-0.39, 0.29) is 24.0 Å². The number of halogens is 2. The first-order valence-electron chi connectivity index (χ1n) is 4.42. The maximum Gasteiger partial charge on any atom is 0.264 e. The second kappa shape index (κ2) is 6.67. The van der Waals surface area contributed by atoms with Crippen LogP contribution in [0.4, 0.5) is 10.1 Å². The van der Waals surface area contributed by atoms with Gasteiger partial charge in [-0.25, -0.2) is 4.39 Å². The summed E-state index contributed by atoms with van der Waals surface area (Å²) >= 11 is 0. The molecule has 0 heterocycles. The van der Waals surface area contributed by atoms with Crippen LogP contribution in [0.25, 0.3) is 0 Å². The molecule has 0 fully saturated rings. The molecular formula is C9H13ClFNO3S. The molecule has 2 N–H and O–H groups in total. The minimum absolute atomic E-state index is 0. The van der Waals surface area contributed by atoms with Crippen molar-refractivity contribution in [3.8, 4) is 0 Å². The molecule has 0 saturated heterocycles. The third kappa shape index (κ3) is 6.60. The van der Waals surface area contributed by atoms with Crippen LogP contribution < -0.4 is 5.32 Å². The van der Waals surface area contributed by atoms with Crippen molar-refractivity contribution in [2.75, 3.05) is 17.6 Å². The molecule has 0 atom stereocenters. The van der Waals surface area contributed by atoms with Gasteiger partial charge in [0.15, 0.2) is 0 Å². The van der Waals surface area contributed by atoms with E-state index in [1.807, 2.05) is 0 Å². The van der Waals surface area contributed by atoms with Crippen LogP contribution in [0.5, 0.6) is 0 Å². The largest absolute Gasteiger partial charge is 0.385 e. The van der Waals surface area contributed by atoms with Crippen molar-refractivity contribution in [2.24, 2.45) is 0 Å². The number of hydrogen-bond acceptors (Lipinski definition) is 3. The summed E-state index contributed by atoms with van der Waals surface area (Å²) < 4.78 is 41.7. The maximum atomic E-state index is 12.5. The second-order valence-electron chi connectivity index (χ2n) is 3.07. The van der Waals surface area contributed by atoms with Gasteiger partial charge in [0.05, 0.1) is 5.75 Å². The van der Waals surface area contributed by atoms with E-state index in [0.29, 0.717) is 18.7 Å². The van der Waals surface area contributed by atoms with E-state index < -0.39 is 10.1 Å². The van der Waals surface area contributed by atoms with Crippen LogP contribution in [0.1, 0.15) is 6.42 Å². The molecule has 7 heteroatoms. The average molecular weight is 270 g/mol. The first-order valence-corrected chi connectivity index (χ1v) is 6.03. The van der Waals surface area contributed by atoms with Gasteiger partial charge in [0.25, 0.3) is 10.1 Å². The highest BCUT2D eigenvalue weighted by atomic mass is 35.5. The smallest absolute Gasteiger partial charge is 0.264 e. The van der Waals surface area contributed by atoms with E-state index in [1.54, 1.807) is 12.1 Å². The van der Waals surface area contributed by atoms with E-state index in [0.717, 1.165) is 0 Å². The van der Waals surface area contributed by atoms with E-state index in [4.69, 9.17) is 4.55 Å². The Morgan fingerprint density at radius 1 is 1.25 bits per heavy atom. The van der Waals surface area contributed by atoms with Gasteiger partial charge in [0, 0.05) is 12.2 Å².